The number of pyridine rings is 1. The monoisotopic (exact) mass is 429 g/mol. The van der Waals surface area contributed by atoms with Crippen LogP contribution in [-0.2, 0) is 24.3 Å². The summed E-state index contributed by atoms with van der Waals surface area (Å²) in [6.07, 6.45) is 6.34. The standard InChI is InChI=1S/C25H27N5O2/c1-2-9-26-23(5-1)19-32-24-6-3-4-20(15-24)16-29-12-13-31-18-21(17-29)14-22-7-8-25-27-10-11-30(25)28-22/h1-11,15,21H,12-14,16-19H2. The lowest BCUT2D eigenvalue weighted by atomic mass is 10.0. The Hall–Kier alpha value is -3.29. The summed E-state index contributed by atoms with van der Waals surface area (Å²) >= 11 is 0. The first-order chi connectivity index (χ1) is 15.8. The zero-order valence-electron chi connectivity index (χ0n) is 18.0. The first kappa shape index (κ1) is 20.6. The molecule has 7 nitrogen and oxygen atoms in total. The molecule has 0 radical (unpaired) electrons. The summed E-state index contributed by atoms with van der Waals surface area (Å²) in [5.41, 5.74) is 4.10. The average Bonchev–Trinajstić information content (AvgIpc) is 3.18. The van der Waals surface area contributed by atoms with E-state index in [1.54, 1.807) is 12.4 Å². The number of fused-ring (bicyclic) bond motifs is 1. The van der Waals surface area contributed by atoms with Crippen LogP contribution < -0.4 is 4.74 Å². The molecular weight excluding hydrogens is 402 g/mol. The lowest BCUT2D eigenvalue weighted by Crippen LogP contribution is -2.30. The lowest BCUT2D eigenvalue weighted by Gasteiger charge is -2.23. The third-order valence-electron chi connectivity index (χ3n) is 5.65. The highest BCUT2D eigenvalue weighted by molar-refractivity contribution is 5.36. The maximum Gasteiger partial charge on any atom is 0.153 e. The summed E-state index contributed by atoms with van der Waals surface area (Å²) in [4.78, 5) is 11.1. The van der Waals surface area contributed by atoms with E-state index in [2.05, 4.69) is 44.2 Å². The van der Waals surface area contributed by atoms with E-state index in [9.17, 15) is 0 Å². The van der Waals surface area contributed by atoms with Crippen molar-refractivity contribution in [1.29, 1.82) is 0 Å². The predicted molar refractivity (Wildman–Crippen MR) is 121 cm³/mol. The second-order valence-electron chi connectivity index (χ2n) is 8.19. The van der Waals surface area contributed by atoms with Gasteiger partial charge in [-0.05, 0) is 48.4 Å². The molecule has 1 aromatic carbocycles. The minimum absolute atomic E-state index is 0.398. The van der Waals surface area contributed by atoms with E-state index in [4.69, 9.17) is 9.47 Å². The molecule has 32 heavy (non-hydrogen) atoms. The Kier molecular flexibility index (Phi) is 6.37. The van der Waals surface area contributed by atoms with Crippen LogP contribution in [0.1, 0.15) is 17.0 Å². The van der Waals surface area contributed by atoms with Crippen LogP contribution >= 0.6 is 0 Å². The Bertz CT molecular complexity index is 1150. The molecule has 0 amide bonds. The van der Waals surface area contributed by atoms with E-state index >= 15 is 0 Å². The van der Waals surface area contributed by atoms with Gasteiger partial charge in [0.15, 0.2) is 5.65 Å². The van der Waals surface area contributed by atoms with Crippen LogP contribution in [0.25, 0.3) is 5.65 Å². The van der Waals surface area contributed by atoms with E-state index in [-0.39, 0.29) is 0 Å². The molecule has 1 fully saturated rings. The minimum Gasteiger partial charge on any atom is -0.487 e. The molecule has 0 spiro atoms. The number of rotatable bonds is 7. The Morgan fingerprint density at radius 3 is 2.94 bits per heavy atom. The second-order valence-corrected chi connectivity index (χ2v) is 8.19. The van der Waals surface area contributed by atoms with Crippen LogP contribution in [0.15, 0.2) is 73.2 Å². The lowest BCUT2D eigenvalue weighted by molar-refractivity contribution is 0.121. The number of imidazole rings is 1. The molecule has 0 aliphatic carbocycles. The summed E-state index contributed by atoms with van der Waals surface area (Å²) < 4.78 is 13.7. The fraction of sp³-hybridized carbons (Fsp3) is 0.320. The van der Waals surface area contributed by atoms with Gasteiger partial charge < -0.3 is 9.47 Å². The van der Waals surface area contributed by atoms with Crippen LogP contribution in [0.2, 0.25) is 0 Å². The SMILES string of the molecule is c1ccc(COc2cccc(CN3CCOCC(Cc4ccc5nccn5n4)C3)c2)nc1. The van der Waals surface area contributed by atoms with Crippen molar-refractivity contribution in [2.24, 2.45) is 5.92 Å². The average molecular weight is 430 g/mol. The van der Waals surface area contributed by atoms with Crippen molar-refractivity contribution >= 4 is 5.65 Å². The van der Waals surface area contributed by atoms with Crippen molar-refractivity contribution in [2.75, 3.05) is 26.3 Å². The van der Waals surface area contributed by atoms with Crippen molar-refractivity contribution in [2.45, 2.75) is 19.6 Å². The van der Waals surface area contributed by atoms with Gasteiger partial charge in [0.2, 0.25) is 0 Å². The molecule has 1 aliphatic rings. The maximum absolute atomic E-state index is 5.95. The summed E-state index contributed by atoms with van der Waals surface area (Å²) in [6, 6.07) is 18.3. The molecule has 1 aliphatic heterocycles. The fourth-order valence-corrected chi connectivity index (χ4v) is 4.11. The van der Waals surface area contributed by atoms with Crippen LogP contribution in [-0.4, -0.2) is 50.8 Å². The van der Waals surface area contributed by atoms with Gasteiger partial charge in [-0.2, -0.15) is 5.10 Å². The fourth-order valence-electron chi connectivity index (χ4n) is 4.11. The number of aromatic nitrogens is 4. The Balaban J connectivity index is 1.20. The number of nitrogens with zero attached hydrogens (tertiary/aromatic N) is 5. The zero-order valence-corrected chi connectivity index (χ0v) is 18.0. The first-order valence-corrected chi connectivity index (χ1v) is 11.0. The van der Waals surface area contributed by atoms with Gasteiger partial charge in [0.25, 0.3) is 0 Å². The molecule has 3 aromatic heterocycles. The quantitative estimate of drug-likeness (QED) is 0.449. The number of benzene rings is 1. The van der Waals surface area contributed by atoms with E-state index in [1.165, 1.54) is 5.56 Å². The summed E-state index contributed by atoms with van der Waals surface area (Å²) in [5.74, 6) is 1.27. The molecule has 1 unspecified atom stereocenters. The third kappa shape index (κ3) is 5.30. The summed E-state index contributed by atoms with van der Waals surface area (Å²) in [6.45, 7) is 4.74. The minimum atomic E-state index is 0.398. The van der Waals surface area contributed by atoms with Crippen molar-refractivity contribution in [3.05, 3.63) is 90.1 Å². The molecule has 5 rings (SSSR count). The van der Waals surface area contributed by atoms with Gasteiger partial charge in [0, 0.05) is 44.1 Å². The van der Waals surface area contributed by atoms with Crippen molar-refractivity contribution < 1.29 is 9.47 Å². The molecule has 164 valence electrons. The van der Waals surface area contributed by atoms with Crippen LogP contribution in [0.3, 0.4) is 0 Å². The number of ether oxygens (including phenoxy) is 2. The Morgan fingerprint density at radius 2 is 2.00 bits per heavy atom. The second kappa shape index (κ2) is 9.89. The van der Waals surface area contributed by atoms with Crippen LogP contribution in [0.5, 0.6) is 5.75 Å². The number of hydrogen-bond acceptors (Lipinski definition) is 6. The van der Waals surface area contributed by atoms with Gasteiger partial charge in [0.05, 0.1) is 24.6 Å². The molecule has 4 heterocycles. The van der Waals surface area contributed by atoms with E-state index < -0.39 is 0 Å². The van der Waals surface area contributed by atoms with Crippen LogP contribution in [0.4, 0.5) is 0 Å². The highest BCUT2D eigenvalue weighted by atomic mass is 16.5. The number of hydrogen-bond donors (Lipinski definition) is 0. The normalized spacial score (nSPS) is 17.3. The summed E-state index contributed by atoms with van der Waals surface area (Å²) in [5, 5.41) is 4.68. The summed E-state index contributed by atoms with van der Waals surface area (Å²) in [7, 11) is 0. The van der Waals surface area contributed by atoms with Gasteiger partial charge in [-0.15, -0.1) is 0 Å². The van der Waals surface area contributed by atoms with Crippen molar-refractivity contribution in [3.8, 4) is 5.75 Å². The van der Waals surface area contributed by atoms with Gasteiger partial charge in [-0.1, -0.05) is 18.2 Å². The molecular formula is C25H27N5O2. The van der Waals surface area contributed by atoms with Gasteiger partial charge in [-0.3, -0.25) is 9.88 Å². The van der Waals surface area contributed by atoms with Crippen LogP contribution in [0, 0.1) is 5.92 Å². The van der Waals surface area contributed by atoms with E-state index in [0.717, 1.165) is 62.1 Å². The zero-order chi connectivity index (χ0) is 21.6. The predicted octanol–water partition coefficient (Wildman–Crippen LogP) is 3.39. The van der Waals surface area contributed by atoms with Gasteiger partial charge in [0.1, 0.15) is 12.4 Å². The van der Waals surface area contributed by atoms with Crippen molar-refractivity contribution in [3.63, 3.8) is 0 Å². The molecule has 1 saturated heterocycles. The van der Waals surface area contributed by atoms with Crippen molar-refractivity contribution in [1.82, 2.24) is 24.5 Å². The van der Waals surface area contributed by atoms with Gasteiger partial charge in [-0.25, -0.2) is 9.50 Å². The molecule has 0 saturated carbocycles. The molecule has 0 N–H and O–H groups in total. The molecule has 7 heteroatoms. The Labute approximate surface area is 187 Å². The smallest absolute Gasteiger partial charge is 0.153 e. The first-order valence-electron chi connectivity index (χ1n) is 11.0. The van der Waals surface area contributed by atoms with E-state index in [1.807, 2.05) is 41.0 Å². The maximum atomic E-state index is 5.95. The highest BCUT2D eigenvalue weighted by Crippen LogP contribution is 2.19. The third-order valence-corrected chi connectivity index (χ3v) is 5.65. The molecule has 0 bridgehead atoms. The largest absolute Gasteiger partial charge is 0.487 e. The topological polar surface area (TPSA) is 64.8 Å². The van der Waals surface area contributed by atoms with E-state index in [0.29, 0.717) is 12.5 Å². The molecule has 4 aromatic rings. The molecule has 1 atom stereocenters. The Morgan fingerprint density at radius 1 is 1.00 bits per heavy atom. The highest BCUT2D eigenvalue weighted by Gasteiger charge is 2.20. The van der Waals surface area contributed by atoms with Gasteiger partial charge >= 0.3 is 0 Å².